The maximum absolute atomic E-state index is 11.7. The van der Waals surface area contributed by atoms with Gasteiger partial charge in [0.15, 0.2) is 6.61 Å². The summed E-state index contributed by atoms with van der Waals surface area (Å²) in [4.78, 5) is 13.2. The molecule has 0 aromatic heterocycles. The normalized spacial score (nSPS) is 9.67. The van der Waals surface area contributed by atoms with E-state index < -0.39 is 0 Å². The lowest BCUT2D eigenvalue weighted by atomic mass is 10.1. The average Bonchev–Trinajstić information content (AvgIpc) is 2.36. The van der Waals surface area contributed by atoms with Gasteiger partial charge in [0.05, 0.1) is 12.5 Å². The van der Waals surface area contributed by atoms with E-state index >= 15 is 0 Å². The average molecular weight is 246 g/mol. The lowest BCUT2D eigenvalue weighted by molar-refractivity contribution is -0.131. The first kappa shape index (κ1) is 14.0. The van der Waals surface area contributed by atoms with Crippen molar-refractivity contribution in [2.45, 2.75) is 20.3 Å². The third kappa shape index (κ3) is 4.10. The fourth-order valence-electron chi connectivity index (χ4n) is 1.40. The van der Waals surface area contributed by atoms with Crippen LogP contribution in [0.25, 0.3) is 0 Å². The minimum atomic E-state index is -0.122. The number of nitriles is 1. The number of aryl methyl sites for hydroxylation is 2. The molecule has 0 aliphatic carbocycles. The minimum absolute atomic E-state index is 0.00439. The summed E-state index contributed by atoms with van der Waals surface area (Å²) in [5.74, 6) is 0.573. The first-order chi connectivity index (χ1) is 8.54. The zero-order chi connectivity index (χ0) is 13.5. The van der Waals surface area contributed by atoms with Crippen LogP contribution in [0.1, 0.15) is 17.5 Å². The molecule has 0 N–H and O–H groups in total. The van der Waals surface area contributed by atoms with Crippen LogP contribution in [0.3, 0.4) is 0 Å². The van der Waals surface area contributed by atoms with Gasteiger partial charge in [0, 0.05) is 13.6 Å². The predicted molar refractivity (Wildman–Crippen MR) is 69.3 cm³/mol. The van der Waals surface area contributed by atoms with Crippen LogP contribution < -0.4 is 4.74 Å². The topological polar surface area (TPSA) is 53.3 Å². The van der Waals surface area contributed by atoms with Crippen molar-refractivity contribution in [1.29, 1.82) is 5.26 Å². The maximum atomic E-state index is 11.7. The number of rotatable bonds is 5. The molecule has 1 rings (SSSR count). The Kier molecular flexibility index (Phi) is 5.19. The standard InChI is InChI=1S/C14H18N2O2/c1-11-5-6-13(9-12(11)2)18-10-14(17)16(3)8-4-7-15/h5-6,9H,4,8,10H2,1-3H3. The highest BCUT2D eigenvalue weighted by atomic mass is 16.5. The molecular formula is C14H18N2O2. The number of hydrogen-bond donors (Lipinski definition) is 0. The van der Waals surface area contributed by atoms with E-state index in [-0.39, 0.29) is 12.5 Å². The number of amides is 1. The Balaban J connectivity index is 2.47. The van der Waals surface area contributed by atoms with E-state index in [1.807, 2.05) is 38.1 Å². The van der Waals surface area contributed by atoms with Crippen molar-refractivity contribution in [3.8, 4) is 11.8 Å². The molecular weight excluding hydrogens is 228 g/mol. The third-order valence-corrected chi connectivity index (χ3v) is 2.83. The molecule has 0 aliphatic rings. The van der Waals surface area contributed by atoms with Crippen LogP contribution in [0.4, 0.5) is 0 Å². The summed E-state index contributed by atoms with van der Waals surface area (Å²) in [5.41, 5.74) is 2.33. The number of carbonyl (C=O) groups excluding carboxylic acids is 1. The van der Waals surface area contributed by atoms with Crippen molar-refractivity contribution in [2.75, 3.05) is 20.2 Å². The van der Waals surface area contributed by atoms with E-state index in [9.17, 15) is 4.79 Å². The monoisotopic (exact) mass is 246 g/mol. The van der Waals surface area contributed by atoms with E-state index in [1.54, 1.807) is 7.05 Å². The van der Waals surface area contributed by atoms with Gasteiger partial charge in [0.25, 0.3) is 5.91 Å². The molecule has 96 valence electrons. The van der Waals surface area contributed by atoms with Gasteiger partial charge < -0.3 is 9.64 Å². The van der Waals surface area contributed by atoms with E-state index in [4.69, 9.17) is 10.00 Å². The molecule has 0 unspecified atom stereocenters. The number of hydrogen-bond acceptors (Lipinski definition) is 3. The number of benzene rings is 1. The Morgan fingerprint density at radius 2 is 2.11 bits per heavy atom. The van der Waals surface area contributed by atoms with Crippen molar-refractivity contribution < 1.29 is 9.53 Å². The summed E-state index contributed by atoms with van der Waals surface area (Å²) in [6.45, 7) is 4.47. The number of likely N-dealkylation sites (N-methyl/N-ethyl adjacent to an activating group) is 1. The predicted octanol–water partition coefficient (Wildman–Crippen LogP) is 2.05. The second-order valence-electron chi connectivity index (χ2n) is 4.26. The van der Waals surface area contributed by atoms with Gasteiger partial charge in [-0.1, -0.05) is 6.07 Å². The van der Waals surface area contributed by atoms with Gasteiger partial charge in [-0.3, -0.25) is 4.79 Å². The highest BCUT2D eigenvalue weighted by Gasteiger charge is 2.09. The van der Waals surface area contributed by atoms with Crippen LogP contribution in [0.5, 0.6) is 5.75 Å². The van der Waals surface area contributed by atoms with Gasteiger partial charge in [-0.25, -0.2) is 0 Å². The van der Waals surface area contributed by atoms with Crippen LogP contribution in [-0.4, -0.2) is 31.0 Å². The zero-order valence-electron chi connectivity index (χ0n) is 11.1. The Labute approximate surface area is 108 Å². The summed E-state index contributed by atoms with van der Waals surface area (Å²) < 4.78 is 5.43. The molecule has 0 radical (unpaired) electrons. The fraction of sp³-hybridized carbons (Fsp3) is 0.429. The summed E-state index contributed by atoms with van der Waals surface area (Å²) in [7, 11) is 1.67. The molecule has 0 atom stereocenters. The van der Waals surface area contributed by atoms with Crippen LogP contribution >= 0.6 is 0 Å². The van der Waals surface area contributed by atoms with Crippen molar-refractivity contribution >= 4 is 5.91 Å². The van der Waals surface area contributed by atoms with Crippen molar-refractivity contribution in [3.63, 3.8) is 0 Å². The maximum Gasteiger partial charge on any atom is 0.260 e. The van der Waals surface area contributed by atoms with Crippen molar-refractivity contribution in [3.05, 3.63) is 29.3 Å². The molecule has 0 saturated heterocycles. The largest absolute Gasteiger partial charge is 0.484 e. The van der Waals surface area contributed by atoms with Crippen LogP contribution in [-0.2, 0) is 4.79 Å². The lowest BCUT2D eigenvalue weighted by Crippen LogP contribution is -2.32. The molecule has 0 spiro atoms. The van der Waals surface area contributed by atoms with Crippen LogP contribution in [0, 0.1) is 25.2 Å². The Morgan fingerprint density at radius 1 is 1.39 bits per heavy atom. The van der Waals surface area contributed by atoms with Crippen LogP contribution in [0.2, 0.25) is 0 Å². The lowest BCUT2D eigenvalue weighted by Gasteiger charge is -2.16. The molecule has 1 aromatic carbocycles. The third-order valence-electron chi connectivity index (χ3n) is 2.83. The van der Waals surface area contributed by atoms with Gasteiger partial charge in [0.1, 0.15) is 5.75 Å². The number of carbonyl (C=O) groups is 1. The highest BCUT2D eigenvalue weighted by molar-refractivity contribution is 5.77. The molecule has 0 fully saturated rings. The molecule has 1 aromatic rings. The number of nitrogens with zero attached hydrogens (tertiary/aromatic N) is 2. The second-order valence-corrected chi connectivity index (χ2v) is 4.26. The van der Waals surface area contributed by atoms with E-state index in [1.165, 1.54) is 10.5 Å². The number of ether oxygens (including phenoxy) is 1. The van der Waals surface area contributed by atoms with E-state index in [0.29, 0.717) is 18.7 Å². The smallest absolute Gasteiger partial charge is 0.260 e. The van der Waals surface area contributed by atoms with Gasteiger partial charge >= 0.3 is 0 Å². The summed E-state index contributed by atoms with van der Waals surface area (Å²) >= 11 is 0. The summed E-state index contributed by atoms with van der Waals surface area (Å²) in [6.07, 6.45) is 0.339. The Hall–Kier alpha value is -2.02. The SMILES string of the molecule is Cc1ccc(OCC(=O)N(C)CCC#N)cc1C. The first-order valence-electron chi connectivity index (χ1n) is 5.85. The molecule has 0 aliphatic heterocycles. The Bertz CT molecular complexity index is 463. The molecule has 1 amide bonds. The van der Waals surface area contributed by atoms with Crippen molar-refractivity contribution in [1.82, 2.24) is 4.90 Å². The molecule has 4 nitrogen and oxygen atoms in total. The van der Waals surface area contributed by atoms with E-state index in [0.717, 1.165) is 5.56 Å². The quantitative estimate of drug-likeness (QED) is 0.799. The van der Waals surface area contributed by atoms with Gasteiger partial charge in [-0.05, 0) is 37.1 Å². The van der Waals surface area contributed by atoms with Crippen molar-refractivity contribution in [2.24, 2.45) is 0 Å². The van der Waals surface area contributed by atoms with E-state index in [2.05, 4.69) is 0 Å². The summed E-state index contributed by atoms with van der Waals surface area (Å²) in [5, 5.41) is 8.44. The Morgan fingerprint density at radius 3 is 2.72 bits per heavy atom. The molecule has 0 bridgehead atoms. The van der Waals surface area contributed by atoms with Crippen LogP contribution in [0.15, 0.2) is 18.2 Å². The van der Waals surface area contributed by atoms with Gasteiger partial charge in [-0.15, -0.1) is 0 Å². The fourth-order valence-corrected chi connectivity index (χ4v) is 1.40. The molecule has 4 heteroatoms. The molecule has 0 heterocycles. The zero-order valence-corrected chi connectivity index (χ0v) is 11.1. The highest BCUT2D eigenvalue weighted by Crippen LogP contribution is 2.16. The minimum Gasteiger partial charge on any atom is -0.484 e. The van der Waals surface area contributed by atoms with Gasteiger partial charge in [0.2, 0.25) is 0 Å². The second kappa shape index (κ2) is 6.65. The molecule has 18 heavy (non-hydrogen) atoms. The van der Waals surface area contributed by atoms with Gasteiger partial charge in [-0.2, -0.15) is 5.26 Å². The first-order valence-corrected chi connectivity index (χ1v) is 5.85. The molecule has 0 saturated carbocycles. The summed E-state index contributed by atoms with van der Waals surface area (Å²) in [6, 6.07) is 7.74.